The van der Waals surface area contributed by atoms with Crippen LogP contribution < -0.4 is 0 Å². The number of ether oxygens (including phenoxy) is 1. The normalized spacial score (nSPS) is 44.3. The predicted molar refractivity (Wildman–Crippen MR) is 126 cm³/mol. The van der Waals surface area contributed by atoms with Gasteiger partial charge in [0, 0.05) is 19.1 Å². The fraction of sp³-hybridized carbons (Fsp3) is 0.852. The van der Waals surface area contributed by atoms with E-state index in [0.717, 1.165) is 31.9 Å². The molecule has 3 saturated carbocycles. The highest BCUT2D eigenvalue weighted by molar-refractivity contribution is 5.26. The topological polar surface area (TPSA) is 52.9 Å². The Morgan fingerprint density at radius 1 is 1.16 bits per heavy atom. The number of allylic oxidation sites excluding steroid dienone is 3. The predicted octanol–water partition coefficient (Wildman–Crippen LogP) is 4.71. The second kappa shape index (κ2) is 9.67. The average Bonchev–Trinajstić information content (AvgIpc) is 3.06. The molecule has 1 saturated heterocycles. The van der Waals surface area contributed by atoms with Crippen molar-refractivity contribution in [1.82, 2.24) is 4.90 Å². The number of fused-ring (bicyclic) bond motifs is 1. The van der Waals surface area contributed by atoms with Gasteiger partial charge in [0.1, 0.15) is 0 Å². The van der Waals surface area contributed by atoms with Crippen LogP contribution in [0.5, 0.6) is 0 Å². The molecule has 31 heavy (non-hydrogen) atoms. The number of hydrogen-bond acceptors (Lipinski definition) is 4. The monoisotopic (exact) mass is 431 g/mol. The van der Waals surface area contributed by atoms with Crippen molar-refractivity contribution in [2.24, 2.45) is 23.2 Å². The van der Waals surface area contributed by atoms with E-state index in [-0.39, 0.29) is 12.2 Å². The summed E-state index contributed by atoms with van der Waals surface area (Å²) >= 11 is 0. The fourth-order valence-corrected chi connectivity index (χ4v) is 7.47. The maximum absolute atomic E-state index is 10.0. The summed E-state index contributed by atoms with van der Waals surface area (Å²) in [6.07, 6.45) is 12.7. The van der Waals surface area contributed by atoms with Crippen LogP contribution in [0.4, 0.5) is 0 Å². The van der Waals surface area contributed by atoms with E-state index in [2.05, 4.69) is 44.7 Å². The number of rotatable bonds is 4. The molecule has 0 bridgehead atoms. The molecule has 0 radical (unpaired) electrons. The van der Waals surface area contributed by atoms with Crippen LogP contribution >= 0.6 is 0 Å². The van der Waals surface area contributed by atoms with Crippen molar-refractivity contribution >= 4 is 0 Å². The molecule has 4 rings (SSSR count). The highest BCUT2D eigenvalue weighted by Gasteiger charge is 2.51. The summed E-state index contributed by atoms with van der Waals surface area (Å²) in [7, 11) is 0. The third kappa shape index (κ3) is 5.13. The van der Waals surface area contributed by atoms with Crippen LogP contribution in [-0.2, 0) is 4.74 Å². The van der Waals surface area contributed by atoms with Crippen molar-refractivity contribution in [3.63, 3.8) is 0 Å². The second-order valence-corrected chi connectivity index (χ2v) is 11.5. The molecule has 3 aliphatic carbocycles. The molecule has 176 valence electrons. The molecule has 8 atom stereocenters. The zero-order valence-corrected chi connectivity index (χ0v) is 20.2. The van der Waals surface area contributed by atoms with Gasteiger partial charge in [-0.25, -0.2) is 0 Å². The van der Waals surface area contributed by atoms with E-state index in [1.165, 1.54) is 44.2 Å². The molecule has 0 spiro atoms. The van der Waals surface area contributed by atoms with Crippen molar-refractivity contribution in [1.29, 1.82) is 0 Å². The Morgan fingerprint density at radius 3 is 2.65 bits per heavy atom. The molecule has 4 aliphatic rings. The molecule has 4 nitrogen and oxygen atoms in total. The van der Waals surface area contributed by atoms with E-state index in [9.17, 15) is 10.2 Å². The Labute approximate surface area is 189 Å². The number of aliphatic hydroxyl groups excluding tert-OH is 2. The van der Waals surface area contributed by atoms with Crippen molar-refractivity contribution in [2.75, 3.05) is 19.7 Å². The van der Waals surface area contributed by atoms with Gasteiger partial charge in [0.15, 0.2) is 0 Å². The third-order valence-corrected chi connectivity index (χ3v) is 9.06. The van der Waals surface area contributed by atoms with E-state index < -0.39 is 0 Å². The van der Waals surface area contributed by atoms with Gasteiger partial charge < -0.3 is 14.9 Å². The van der Waals surface area contributed by atoms with Gasteiger partial charge in [-0.2, -0.15) is 0 Å². The van der Waals surface area contributed by atoms with Crippen molar-refractivity contribution in [3.05, 3.63) is 23.3 Å². The van der Waals surface area contributed by atoms with Crippen LogP contribution in [0.3, 0.4) is 0 Å². The van der Waals surface area contributed by atoms with E-state index in [1.54, 1.807) is 5.57 Å². The first-order valence-electron chi connectivity index (χ1n) is 12.9. The summed E-state index contributed by atoms with van der Waals surface area (Å²) in [5.41, 5.74) is 3.25. The van der Waals surface area contributed by atoms with Crippen LogP contribution in [0.2, 0.25) is 0 Å². The quantitative estimate of drug-likeness (QED) is 0.677. The standard InChI is InChI=1S/C27H45NO3/c1-18(15-28-16-20(3)31-17-19(28)2)25-9-10-26-22(6-5-11-27(25,26)4)8-7-21-12-23(29)14-24(30)13-21/h7-8,18-20,23-26,29-30H,5-6,9-17H2,1-4H3/b22-8+/t18?,19-,20+,23+,24+,25+,26-,27+/m0/s1. The number of aliphatic hydroxyl groups is 2. The molecule has 0 aromatic rings. The van der Waals surface area contributed by atoms with Crippen molar-refractivity contribution in [2.45, 2.75) is 103 Å². The average molecular weight is 432 g/mol. The molecule has 1 aliphatic heterocycles. The Bertz CT molecular complexity index is 676. The van der Waals surface area contributed by atoms with Gasteiger partial charge in [0.05, 0.1) is 24.9 Å². The van der Waals surface area contributed by atoms with Crippen LogP contribution in [0, 0.1) is 23.2 Å². The smallest absolute Gasteiger partial charge is 0.0674 e. The molecule has 1 unspecified atom stereocenters. The summed E-state index contributed by atoms with van der Waals surface area (Å²) in [6, 6.07) is 0.526. The van der Waals surface area contributed by atoms with E-state index >= 15 is 0 Å². The first kappa shape index (κ1) is 23.5. The van der Waals surface area contributed by atoms with Crippen LogP contribution in [0.1, 0.15) is 79.1 Å². The van der Waals surface area contributed by atoms with Crippen LogP contribution in [0.25, 0.3) is 0 Å². The molecular weight excluding hydrogens is 386 g/mol. The van der Waals surface area contributed by atoms with Crippen LogP contribution in [-0.4, -0.2) is 59.2 Å². The molecule has 1 heterocycles. The molecular formula is C27H45NO3. The zero-order chi connectivity index (χ0) is 22.2. The summed E-state index contributed by atoms with van der Waals surface area (Å²) in [4.78, 5) is 2.67. The molecule has 4 heteroatoms. The zero-order valence-electron chi connectivity index (χ0n) is 20.2. The highest BCUT2D eigenvalue weighted by atomic mass is 16.5. The minimum Gasteiger partial charge on any atom is -0.393 e. The van der Waals surface area contributed by atoms with E-state index in [1.807, 2.05) is 0 Å². The Morgan fingerprint density at radius 2 is 1.90 bits per heavy atom. The van der Waals surface area contributed by atoms with E-state index in [0.29, 0.717) is 35.8 Å². The summed E-state index contributed by atoms with van der Waals surface area (Å²) in [6.45, 7) is 12.7. The minimum atomic E-state index is -0.382. The molecule has 2 N–H and O–H groups in total. The Kier molecular flexibility index (Phi) is 7.32. The van der Waals surface area contributed by atoms with Gasteiger partial charge in [-0.15, -0.1) is 0 Å². The van der Waals surface area contributed by atoms with E-state index in [4.69, 9.17) is 4.74 Å². The summed E-state index contributed by atoms with van der Waals surface area (Å²) in [5.74, 6) is 2.20. The van der Waals surface area contributed by atoms with Gasteiger partial charge in [-0.05, 0) is 88.4 Å². The second-order valence-electron chi connectivity index (χ2n) is 11.5. The molecule has 4 fully saturated rings. The lowest BCUT2D eigenvalue weighted by Gasteiger charge is -2.46. The summed E-state index contributed by atoms with van der Waals surface area (Å²) < 4.78 is 5.85. The number of morpholine rings is 1. The van der Waals surface area contributed by atoms with Crippen molar-refractivity contribution < 1.29 is 14.9 Å². The lowest BCUT2D eigenvalue weighted by molar-refractivity contribution is -0.0596. The maximum Gasteiger partial charge on any atom is 0.0674 e. The SMILES string of the molecule is CC(CN1C[C@@H](C)OC[C@@H]1C)[C@H]1CC[C@H]2/C(=C/C=C3C[C@@H](O)C[C@H](O)C3)CCC[C@]12C. The molecule has 0 aromatic carbocycles. The number of nitrogens with zero attached hydrogens (tertiary/aromatic N) is 1. The van der Waals surface area contributed by atoms with Gasteiger partial charge in [-0.3, -0.25) is 4.90 Å². The van der Waals surface area contributed by atoms with Crippen LogP contribution in [0.15, 0.2) is 23.3 Å². The highest BCUT2D eigenvalue weighted by Crippen LogP contribution is 2.59. The first-order valence-corrected chi connectivity index (χ1v) is 12.9. The minimum absolute atomic E-state index is 0.351. The van der Waals surface area contributed by atoms with Gasteiger partial charge in [0.25, 0.3) is 0 Å². The first-order chi connectivity index (χ1) is 14.8. The van der Waals surface area contributed by atoms with Gasteiger partial charge in [-0.1, -0.05) is 37.1 Å². The van der Waals surface area contributed by atoms with Crippen molar-refractivity contribution in [3.8, 4) is 0 Å². The lowest BCUT2D eigenvalue weighted by Crippen LogP contribution is -2.50. The fourth-order valence-electron chi connectivity index (χ4n) is 7.47. The Hall–Kier alpha value is -0.680. The largest absolute Gasteiger partial charge is 0.393 e. The molecule has 0 aromatic heterocycles. The van der Waals surface area contributed by atoms with Gasteiger partial charge >= 0.3 is 0 Å². The Balaban J connectivity index is 1.45. The number of hydrogen-bond donors (Lipinski definition) is 2. The third-order valence-electron chi connectivity index (χ3n) is 9.06. The maximum atomic E-state index is 10.0. The molecule has 0 amide bonds. The summed E-state index contributed by atoms with van der Waals surface area (Å²) in [5, 5.41) is 20.0. The van der Waals surface area contributed by atoms with Gasteiger partial charge in [0.2, 0.25) is 0 Å². The lowest BCUT2D eigenvalue weighted by atomic mass is 9.61.